The monoisotopic (exact) mass is 423 g/mol. The van der Waals surface area contributed by atoms with Crippen molar-refractivity contribution < 1.29 is 9.15 Å². The molecule has 0 fully saturated rings. The molecule has 10 heteroatoms. The van der Waals surface area contributed by atoms with Gasteiger partial charge in [0, 0.05) is 11.3 Å². The third-order valence-corrected chi connectivity index (χ3v) is 4.84. The maximum atomic E-state index is 6.53. The summed E-state index contributed by atoms with van der Waals surface area (Å²) in [7, 11) is 1.64. The second kappa shape index (κ2) is 7.88. The van der Waals surface area contributed by atoms with Crippen LogP contribution >= 0.6 is 12.4 Å². The average molecular weight is 424 g/mol. The van der Waals surface area contributed by atoms with Crippen molar-refractivity contribution in [3.8, 4) is 17.1 Å². The van der Waals surface area contributed by atoms with Gasteiger partial charge in [0.05, 0.1) is 18.6 Å². The molecule has 2 aromatic carbocycles. The van der Waals surface area contributed by atoms with Crippen LogP contribution in [-0.2, 0) is 0 Å². The lowest BCUT2D eigenvalue weighted by molar-refractivity contribution is 0.415. The SMILES string of the molecule is COc1ccc(N2C(N)=c3ccoc3=NC2c2ccc(-c3nnn[nH]3)cc2)cc1.Cl. The lowest BCUT2D eigenvalue weighted by Gasteiger charge is -2.32. The van der Waals surface area contributed by atoms with Gasteiger partial charge in [-0.2, -0.15) is 0 Å². The van der Waals surface area contributed by atoms with Crippen LogP contribution in [0.1, 0.15) is 11.7 Å². The summed E-state index contributed by atoms with van der Waals surface area (Å²) in [6.07, 6.45) is 1.21. The van der Waals surface area contributed by atoms with Crippen LogP contribution in [0, 0.1) is 0 Å². The van der Waals surface area contributed by atoms with E-state index in [0.29, 0.717) is 17.2 Å². The molecule has 0 saturated carbocycles. The lowest BCUT2D eigenvalue weighted by atomic mass is 10.1. The molecule has 4 aromatic rings. The van der Waals surface area contributed by atoms with E-state index >= 15 is 0 Å². The van der Waals surface area contributed by atoms with E-state index in [0.717, 1.165) is 27.8 Å². The zero-order valence-corrected chi connectivity index (χ0v) is 16.7. The molecular weight excluding hydrogens is 406 g/mol. The number of furan rings is 1. The highest BCUT2D eigenvalue weighted by molar-refractivity contribution is 5.85. The minimum absolute atomic E-state index is 0. The van der Waals surface area contributed by atoms with Gasteiger partial charge in [-0.1, -0.05) is 24.3 Å². The molecule has 5 rings (SSSR count). The Balaban J connectivity index is 0.00000218. The standard InChI is InChI=1S/C20H17N7O2.ClH/c1-28-15-8-6-14(7-9-15)27-17(21)16-10-11-29-20(16)22-19(27)13-4-2-12(3-5-13)18-23-25-26-24-18;/h2-11,19H,21H2,1H3,(H,23,24,25,26);1H. The number of aromatic amines is 1. The number of nitrogens with one attached hydrogen (secondary N) is 1. The first-order valence-electron chi connectivity index (χ1n) is 8.93. The summed E-state index contributed by atoms with van der Waals surface area (Å²) < 4.78 is 10.8. The molecule has 0 spiro atoms. The van der Waals surface area contributed by atoms with Crippen molar-refractivity contribution in [1.82, 2.24) is 20.6 Å². The second-order valence-corrected chi connectivity index (χ2v) is 6.47. The van der Waals surface area contributed by atoms with E-state index in [4.69, 9.17) is 19.9 Å². The maximum absolute atomic E-state index is 6.53. The molecule has 0 bridgehead atoms. The van der Waals surface area contributed by atoms with Crippen molar-refractivity contribution in [2.75, 3.05) is 12.0 Å². The maximum Gasteiger partial charge on any atom is 0.227 e. The fraction of sp³-hybridized carbons (Fsp3) is 0.100. The van der Waals surface area contributed by atoms with Crippen LogP contribution in [0.4, 0.5) is 5.69 Å². The van der Waals surface area contributed by atoms with Gasteiger partial charge in [-0.3, -0.25) is 0 Å². The number of tetrazole rings is 1. The number of hydrogen-bond acceptors (Lipinski definition) is 8. The third kappa shape index (κ3) is 3.25. The number of rotatable bonds is 4. The number of H-pyrrole nitrogens is 1. The van der Waals surface area contributed by atoms with Gasteiger partial charge in [0.2, 0.25) is 5.55 Å². The number of hydrogen-bond donors (Lipinski definition) is 2. The molecule has 0 aliphatic carbocycles. The summed E-state index contributed by atoms with van der Waals surface area (Å²) in [5.41, 5.74) is 9.77. The number of aromatic nitrogens is 4. The van der Waals surface area contributed by atoms with Crippen LogP contribution in [-0.4, -0.2) is 27.7 Å². The molecule has 9 nitrogen and oxygen atoms in total. The van der Waals surface area contributed by atoms with Crippen molar-refractivity contribution in [3.63, 3.8) is 0 Å². The lowest BCUT2D eigenvalue weighted by Crippen LogP contribution is -2.43. The van der Waals surface area contributed by atoms with Crippen LogP contribution in [0.2, 0.25) is 0 Å². The summed E-state index contributed by atoms with van der Waals surface area (Å²) in [5.74, 6) is 1.94. The third-order valence-electron chi connectivity index (χ3n) is 4.84. The molecule has 0 saturated heterocycles. The fourth-order valence-electron chi connectivity index (χ4n) is 3.37. The quantitative estimate of drug-likeness (QED) is 0.513. The molecule has 30 heavy (non-hydrogen) atoms. The van der Waals surface area contributed by atoms with E-state index < -0.39 is 0 Å². The van der Waals surface area contributed by atoms with Crippen LogP contribution in [0.15, 0.2) is 70.3 Å². The van der Waals surface area contributed by atoms with E-state index in [1.54, 1.807) is 13.4 Å². The molecule has 152 valence electrons. The fourth-order valence-corrected chi connectivity index (χ4v) is 3.37. The van der Waals surface area contributed by atoms with Crippen molar-refractivity contribution in [1.29, 1.82) is 0 Å². The Hall–Kier alpha value is -3.85. The Morgan fingerprint density at radius 3 is 2.50 bits per heavy atom. The normalized spacial score (nSPS) is 15.2. The van der Waals surface area contributed by atoms with E-state index in [2.05, 4.69) is 20.6 Å². The largest absolute Gasteiger partial charge is 0.497 e. The minimum atomic E-state index is -0.385. The zero-order chi connectivity index (χ0) is 19.8. The molecule has 1 atom stereocenters. The molecule has 1 unspecified atom stereocenters. The Kier molecular flexibility index (Phi) is 5.11. The summed E-state index contributed by atoms with van der Waals surface area (Å²) in [5, 5.41) is 14.7. The summed E-state index contributed by atoms with van der Waals surface area (Å²) >= 11 is 0. The molecule has 3 N–H and O–H groups in total. The molecule has 1 aliphatic rings. The van der Waals surface area contributed by atoms with E-state index in [1.807, 2.05) is 59.5 Å². The molecule has 1 aliphatic heterocycles. The second-order valence-electron chi connectivity index (χ2n) is 6.47. The number of ether oxygens (including phenoxy) is 1. The molecule has 0 amide bonds. The highest BCUT2D eigenvalue weighted by Crippen LogP contribution is 2.33. The summed E-state index contributed by atoms with van der Waals surface area (Å²) in [6, 6.07) is 17.3. The predicted molar refractivity (Wildman–Crippen MR) is 112 cm³/mol. The minimum Gasteiger partial charge on any atom is -0.497 e. The van der Waals surface area contributed by atoms with E-state index in [9.17, 15) is 0 Å². The highest BCUT2D eigenvalue weighted by Gasteiger charge is 2.27. The van der Waals surface area contributed by atoms with Gasteiger partial charge in [0.25, 0.3) is 0 Å². The van der Waals surface area contributed by atoms with Crippen molar-refractivity contribution in [2.24, 2.45) is 10.7 Å². The van der Waals surface area contributed by atoms with Gasteiger partial charge in [-0.25, -0.2) is 10.1 Å². The number of nitrogens with two attached hydrogens (primary N) is 1. The topological polar surface area (TPSA) is 118 Å². The molecule has 3 heterocycles. The summed E-state index contributed by atoms with van der Waals surface area (Å²) in [4.78, 5) is 6.77. The van der Waals surface area contributed by atoms with Crippen LogP contribution in [0.5, 0.6) is 5.75 Å². The Morgan fingerprint density at radius 2 is 1.83 bits per heavy atom. The van der Waals surface area contributed by atoms with Crippen molar-refractivity contribution >= 4 is 23.9 Å². The number of halogens is 1. The Labute approximate surface area is 177 Å². The average Bonchev–Trinajstić information content (AvgIpc) is 3.46. The zero-order valence-electron chi connectivity index (χ0n) is 15.9. The van der Waals surface area contributed by atoms with E-state index in [-0.39, 0.29) is 18.6 Å². The highest BCUT2D eigenvalue weighted by atomic mass is 35.5. The van der Waals surface area contributed by atoms with E-state index in [1.165, 1.54) is 0 Å². The van der Waals surface area contributed by atoms with Gasteiger partial charge < -0.3 is 19.8 Å². The number of anilines is 1. The first-order valence-corrected chi connectivity index (χ1v) is 8.93. The summed E-state index contributed by atoms with van der Waals surface area (Å²) in [6.45, 7) is 0. The van der Waals surface area contributed by atoms with Gasteiger partial charge in [0.1, 0.15) is 11.6 Å². The van der Waals surface area contributed by atoms with Crippen molar-refractivity contribution in [3.05, 3.63) is 77.2 Å². The number of benzene rings is 2. The van der Waals surface area contributed by atoms with Gasteiger partial charge in [-0.05, 0) is 46.3 Å². The molecule has 0 radical (unpaired) electrons. The van der Waals surface area contributed by atoms with Crippen LogP contribution in [0.3, 0.4) is 0 Å². The first-order chi connectivity index (χ1) is 14.2. The Morgan fingerprint density at radius 1 is 1.07 bits per heavy atom. The number of methoxy groups -OCH3 is 1. The van der Waals surface area contributed by atoms with Crippen LogP contribution < -0.4 is 26.1 Å². The number of nitrogens with zero attached hydrogens (tertiary/aromatic N) is 5. The molecular formula is C20H18ClN7O2. The Bertz CT molecular complexity index is 1250. The smallest absolute Gasteiger partial charge is 0.227 e. The van der Waals surface area contributed by atoms with Gasteiger partial charge in [0.15, 0.2) is 12.0 Å². The van der Waals surface area contributed by atoms with Gasteiger partial charge in [-0.15, -0.1) is 17.5 Å². The first kappa shape index (κ1) is 19.5. The predicted octanol–water partition coefficient (Wildman–Crippen LogP) is 1.75. The van der Waals surface area contributed by atoms with Crippen LogP contribution in [0.25, 0.3) is 17.2 Å². The molecule has 2 aromatic heterocycles. The number of fused-ring (bicyclic) bond motifs is 1. The van der Waals surface area contributed by atoms with Crippen molar-refractivity contribution in [2.45, 2.75) is 6.17 Å². The van der Waals surface area contributed by atoms with Gasteiger partial charge >= 0.3 is 0 Å².